The van der Waals surface area contributed by atoms with E-state index in [0.29, 0.717) is 5.69 Å². The van der Waals surface area contributed by atoms with Gasteiger partial charge in [0.25, 0.3) is 0 Å². The van der Waals surface area contributed by atoms with Crippen LogP contribution in [0.3, 0.4) is 0 Å². The summed E-state index contributed by atoms with van der Waals surface area (Å²) in [4.78, 5) is 12.5. The number of rotatable bonds is 6. The SMILES string of the molecule is CCOC(=O)c1nnn(-c2ccccc2[Se]c2ccccc2)c1-c1ccccc1. The van der Waals surface area contributed by atoms with Gasteiger partial charge in [-0.05, 0) is 0 Å². The Morgan fingerprint density at radius 1 is 0.931 bits per heavy atom. The minimum absolute atomic E-state index is 0.0852. The van der Waals surface area contributed by atoms with Crippen molar-refractivity contribution in [3.63, 3.8) is 0 Å². The van der Waals surface area contributed by atoms with E-state index < -0.39 is 5.97 Å². The molecule has 0 bridgehead atoms. The first kappa shape index (κ1) is 19.1. The molecule has 6 heteroatoms. The van der Waals surface area contributed by atoms with E-state index in [0.717, 1.165) is 15.7 Å². The van der Waals surface area contributed by atoms with E-state index >= 15 is 0 Å². The molecule has 4 aromatic rings. The van der Waals surface area contributed by atoms with Gasteiger partial charge in [0.05, 0.1) is 0 Å². The molecule has 29 heavy (non-hydrogen) atoms. The molecule has 144 valence electrons. The van der Waals surface area contributed by atoms with Crippen molar-refractivity contribution < 1.29 is 9.53 Å². The van der Waals surface area contributed by atoms with Crippen molar-refractivity contribution >= 4 is 29.8 Å². The third kappa shape index (κ3) is 4.14. The van der Waals surface area contributed by atoms with Crippen LogP contribution < -0.4 is 8.92 Å². The molecule has 1 heterocycles. The normalized spacial score (nSPS) is 10.7. The Hall–Kier alpha value is -3.21. The number of hydrogen-bond acceptors (Lipinski definition) is 4. The molecule has 0 fully saturated rings. The summed E-state index contributed by atoms with van der Waals surface area (Å²) >= 11 is 0.0852. The predicted octanol–water partition coefficient (Wildman–Crippen LogP) is 2.77. The number of hydrogen-bond donors (Lipinski definition) is 0. The molecule has 0 spiro atoms. The fourth-order valence-corrected chi connectivity index (χ4v) is 4.98. The number of aromatic nitrogens is 3. The fourth-order valence-electron chi connectivity index (χ4n) is 2.98. The third-order valence-electron chi connectivity index (χ3n) is 4.25. The number of benzene rings is 3. The van der Waals surface area contributed by atoms with Gasteiger partial charge in [-0.3, -0.25) is 0 Å². The first-order chi connectivity index (χ1) is 14.3. The number of esters is 1. The van der Waals surface area contributed by atoms with Gasteiger partial charge >= 0.3 is 175 Å². The van der Waals surface area contributed by atoms with Gasteiger partial charge in [-0.15, -0.1) is 0 Å². The molecule has 0 atom stereocenters. The summed E-state index contributed by atoms with van der Waals surface area (Å²) in [6.07, 6.45) is 0. The molecule has 3 aromatic carbocycles. The van der Waals surface area contributed by atoms with E-state index in [-0.39, 0.29) is 27.3 Å². The first-order valence-corrected chi connectivity index (χ1v) is 11.0. The Balaban J connectivity index is 1.85. The van der Waals surface area contributed by atoms with E-state index in [4.69, 9.17) is 4.74 Å². The van der Waals surface area contributed by atoms with Crippen molar-refractivity contribution in [3.8, 4) is 16.9 Å². The monoisotopic (exact) mass is 449 g/mol. The molecular formula is C23H19N3O2Se. The van der Waals surface area contributed by atoms with Crippen molar-refractivity contribution in [3.05, 3.63) is 90.6 Å². The summed E-state index contributed by atoms with van der Waals surface area (Å²) in [5.41, 5.74) is 2.64. The molecule has 0 N–H and O–H groups in total. The molecule has 0 aliphatic rings. The van der Waals surface area contributed by atoms with Crippen LogP contribution in [0.2, 0.25) is 0 Å². The zero-order valence-corrected chi connectivity index (χ0v) is 17.6. The van der Waals surface area contributed by atoms with Gasteiger partial charge in [0.1, 0.15) is 0 Å². The van der Waals surface area contributed by atoms with Crippen molar-refractivity contribution in [2.45, 2.75) is 6.92 Å². The average Bonchev–Trinajstić information content (AvgIpc) is 3.21. The minimum atomic E-state index is -0.469. The molecule has 0 amide bonds. The second-order valence-corrected chi connectivity index (χ2v) is 8.51. The molecule has 0 aliphatic heterocycles. The van der Waals surface area contributed by atoms with Gasteiger partial charge in [0, 0.05) is 0 Å². The summed E-state index contributed by atoms with van der Waals surface area (Å²) < 4.78 is 9.39. The topological polar surface area (TPSA) is 57.0 Å². The number of carbonyl (C=O) groups is 1. The van der Waals surface area contributed by atoms with E-state index in [1.54, 1.807) is 11.6 Å². The maximum atomic E-state index is 12.5. The standard InChI is InChI=1S/C23H19N3O2Se/c1-2-28-23(27)21-22(17-11-5-3-6-12-17)26(25-24-21)19-15-9-10-16-20(19)29-18-13-7-4-8-14-18/h3-16H,2H2,1H3. The molecule has 0 saturated carbocycles. The van der Waals surface area contributed by atoms with Gasteiger partial charge in [-0.1, -0.05) is 0 Å². The number of para-hydroxylation sites is 1. The summed E-state index contributed by atoms with van der Waals surface area (Å²) in [7, 11) is 0. The molecule has 0 aliphatic carbocycles. The van der Waals surface area contributed by atoms with Crippen LogP contribution in [-0.4, -0.2) is 42.5 Å². The van der Waals surface area contributed by atoms with Gasteiger partial charge < -0.3 is 0 Å². The van der Waals surface area contributed by atoms with Crippen molar-refractivity contribution in [1.82, 2.24) is 15.0 Å². The summed E-state index contributed by atoms with van der Waals surface area (Å²) in [6, 6.07) is 28.2. The third-order valence-corrected chi connectivity index (χ3v) is 6.50. The molecular weight excluding hydrogens is 429 g/mol. The molecule has 0 unspecified atom stereocenters. The summed E-state index contributed by atoms with van der Waals surface area (Å²) in [6.45, 7) is 2.07. The van der Waals surface area contributed by atoms with E-state index in [1.807, 2.05) is 66.7 Å². The van der Waals surface area contributed by atoms with Crippen LogP contribution in [0.15, 0.2) is 84.9 Å². The Labute approximate surface area is 175 Å². The Bertz CT molecular complexity index is 1110. The van der Waals surface area contributed by atoms with E-state index in [1.165, 1.54) is 4.46 Å². The second-order valence-electron chi connectivity index (χ2n) is 6.17. The number of carbonyl (C=O) groups excluding carboxylic acids is 1. The zero-order valence-electron chi connectivity index (χ0n) is 15.9. The van der Waals surface area contributed by atoms with Crippen molar-refractivity contribution in [2.75, 3.05) is 6.61 Å². The maximum absolute atomic E-state index is 12.5. The molecule has 1 aromatic heterocycles. The van der Waals surface area contributed by atoms with Gasteiger partial charge in [-0.2, -0.15) is 0 Å². The van der Waals surface area contributed by atoms with Crippen LogP contribution in [-0.2, 0) is 4.74 Å². The summed E-state index contributed by atoms with van der Waals surface area (Å²) in [5, 5.41) is 8.53. The Morgan fingerprint density at radius 3 is 2.31 bits per heavy atom. The van der Waals surface area contributed by atoms with Crippen LogP contribution in [0, 0.1) is 0 Å². The van der Waals surface area contributed by atoms with Gasteiger partial charge in [0.15, 0.2) is 0 Å². The molecule has 0 saturated heterocycles. The average molecular weight is 448 g/mol. The van der Waals surface area contributed by atoms with Crippen LogP contribution in [0.5, 0.6) is 0 Å². The zero-order chi connectivity index (χ0) is 20.1. The summed E-state index contributed by atoms with van der Waals surface area (Å²) in [5.74, 6) is -0.469. The van der Waals surface area contributed by atoms with Crippen LogP contribution in [0.1, 0.15) is 17.4 Å². The van der Waals surface area contributed by atoms with Gasteiger partial charge in [-0.25, -0.2) is 0 Å². The Morgan fingerprint density at radius 2 is 1.59 bits per heavy atom. The van der Waals surface area contributed by atoms with E-state index in [2.05, 4.69) is 28.5 Å². The van der Waals surface area contributed by atoms with Crippen LogP contribution in [0.4, 0.5) is 0 Å². The first-order valence-electron chi connectivity index (χ1n) is 9.28. The number of nitrogens with zero attached hydrogens (tertiary/aromatic N) is 3. The van der Waals surface area contributed by atoms with E-state index in [9.17, 15) is 4.79 Å². The quantitative estimate of drug-likeness (QED) is 0.336. The van der Waals surface area contributed by atoms with Crippen LogP contribution >= 0.6 is 0 Å². The second kappa shape index (κ2) is 8.86. The van der Waals surface area contributed by atoms with Crippen molar-refractivity contribution in [1.29, 1.82) is 0 Å². The Kier molecular flexibility index (Phi) is 5.84. The van der Waals surface area contributed by atoms with Crippen molar-refractivity contribution in [2.24, 2.45) is 0 Å². The number of ether oxygens (including phenoxy) is 1. The fraction of sp³-hybridized carbons (Fsp3) is 0.0870. The van der Waals surface area contributed by atoms with Gasteiger partial charge in [0.2, 0.25) is 0 Å². The van der Waals surface area contributed by atoms with Crippen LogP contribution in [0.25, 0.3) is 16.9 Å². The molecule has 0 radical (unpaired) electrons. The molecule has 4 rings (SSSR count). The predicted molar refractivity (Wildman–Crippen MR) is 114 cm³/mol. The molecule has 5 nitrogen and oxygen atoms in total.